The smallest absolute Gasteiger partial charge is 0.264 e. The van der Waals surface area contributed by atoms with E-state index in [4.69, 9.17) is 0 Å². The van der Waals surface area contributed by atoms with E-state index >= 15 is 0 Å². The van der Waals surface area contributed by atoms with Crippen LogP contribution in [0.25, 0.3) is 5.82 Å². The van der Waals surface area contributed by atoms with E-state index in [2.05, 4.69) is 45.8 Å². The molecule has 0 unspecified atom stereocenters. The Balaban J connectivity index is 1.60. The molecule has 5 heterocycles. The first kappa shape index (κ1) is 16.6. The normalized spacial score (nSPS) is 20.8. The van der Waals surface area contributed by atoms with E-state index in [0.29, 0.717) is 6.54 Å². The zero-order chi connectivity index (χ0) is 18.4. The van der Waals surface area contributed by atoms with Crippen molar-refractivity contribution in [1.82, 2.24) is 14.5 Å². The first-order valence-corrected chi connectivity index (χ1v) is 10.4. The van der Waals surface area contributed by atoms with Gasteiger partial charge in [-0.3, -0.25) is 4.79 Å². The van der Waals surface area contributed by atoms with E-state index < -0.39 is 0 Å². The highest BCUT2D eigenvalue weighted by Crippen LogP contribution is 2.47. The van der Waals surface area contributed by atoms with Gasteiger partial charge in [0.2, 0.25) is 0 Å². The molecular weight excluding hydrogens is 356 g/mol. The van der Waals surface area contributed by atoms with Crippen molar-refractivity contribution in [2.24, 2.45) is 0 Å². The molecule has 1 saturated heterocycles. The predicted molar refractivity (Wildman–Crippen MR) is 108 cm³/mol. The maximum Gasteiger partial charge on any atom is 0.264 e. The first-order valence-electron chi connectivity index (χ1n) is 9.48. The molecule has 6 heteroatoms. The van der Waals surface area contributed by atoms with Crippen LogP contribution in [0.2, 0.25) is 0 Å². The van der Waals surface area contributed by atoms with Crippen LogP contribution >= 0.6 is 11.3 Å². The molecule has 3 aromatic rings. The van der Waals surface area contributed by atoms with E-state index in [-0.39, 0.29) is 11.4 Å². The number of carbonyl (C=O) groups excluding carboxylic acids is 1. The second-order valence-corrected chi connectivity index (χ2v) is 8.19. The van der Waals surface area contributed by atoms with Gasteiger partial charge in [-0.15, -0.1) is 11.3 Å². The minimum Gasteiger partial charge on any atom is -0.355 e. The molecule has 5 nitrogen and oxygen atoms in total. The molecule has 0 saturated carbocycles. The number of nitrogens with zero attached hydrogens (tertiary/aromatic N) is 4. The Morgan fingerprint density at radius 1 is 1.26 bits per heavy atom. The average Bonchev–Trinajstić information content (AvgIpc) is 3.46. The molecular formula is C21H22N4OS. The number of amides is 1. The number of thiophene rings is 1. The zero-order valence-corrected chi connectivity index (χ0v) is 16.2. The van der Waals surface area contributed by atoms with Crippen molar-refractivity contribution in [1.29, 1.82) is 0 Å². The van der Waals surface area contributed by atoms with E-state index in [0.717, 1.165) is 42.3 Å². The maximum atomic E-state index is 13.0. The van der Waals surface area contributed by atoms with Gasteiger partial charge < -0.3 is 14.4 Å². The molecule has 138 valence electrons. The van der Waals surface area contributed by atoms with E-state index in [1.54, 1.807) is 0 Å². The summed E-state index contributed by atoms with van der Waals surface area (Å²) >= 11 is 1.52. The summed E-state index contributed by atoms with van der Waals surface area (Å²) in [5.41, 5.74) is 2.21. The fourth-order valence-electron chi connectivity index (χ4n) is 4.61. The minimum absolute atomic E-state index is 0.147. The molecule has 0 N–H and O–H groups in total. The van der Waals surface area contributed by atoms with Crippen molar-refractivity contribution in [2.75, 3.05) is 24.5 Å². The predicted octanol–water partition coefficient (Wildman–Crippen LogP) is 3.91. The Morgan fingerprint density at radius 2 is 2.19 bits per heavy atom. The number of aromatic nitrogens is 2. The molecule has 3 aromatic heterocycles. The number of rotatable bonds is 3. The van der Waals surface area contributed by atoms with Gasteiger partial charge in [0.15, 0.2) is 5.82 Å². The van der Waals surface area contributed by atoms with Crippen LogP contribution in [0.3, 0.4) is 0 Å². The third kappa shape index (κ3) is 2.36. The minimum atomic E-state index is -0.192. The van der Waals surface area contributed by atoms with Crippen LogP contribution in [0, 0.1) is 0 Å². The monoisotopic (exact) mass is 378 g/mol. The van der Waals surface area contributed by atoms with E-state index in [1.807, 2.05) is 34.7 Å². The van der Waals surface area contributed by atoms with Crippen molar-refractivity contribution in [3.63, 3.8) is 0 Å². The first-order chi connectivity index (χ1) is 13.2. The van der Waals surface area contributed by atoms with E-state index in [1.165, 1.54) is 17.0 Å². The summed E-state index contributed by atoms with van der Waals surface area (Å²) in [7, 11) is 0. The molecule has 0 bridgehead atoms. The molecule has 0 aromatic carbocycles. The Bertz CT molecular complexity index is 980. The number of hydrogen-bond acceptors (Lipinski definition) is 4. The Labute approximate surface area is 162 Å². The number of anilines is 1. The van der Waals surface area contributed by atoms with E-state index in [9.17, 15) is 4.79 Å². The van der Waals surface area contributed by atoms with Crippen LogP contribution in [0.15, 0.2) is 54.2 Å². The van der Waals surface area contributed by atoms with Gasteiger partial charge in [0.1, 0.15) is 5.54 Å². The van der Waals surface area contributed by atoms with Crippen molar-refractivity contribution < 1.29 is 4.79 Å². The lowest BCUT2D eigenvalue weighted by molar-refractivity contribution is 0.0787. The number of hydrogen-bond donors (Lipinski definition) is 0. The number of carbonyl (C=O) groups is 1. The van der Waals surface area contributed by atoms with Gasteiger partial charge in [0, 0.05) is 32.0 Å². The summed E-state index contributed by atoms with van der Waals surface area (Å²) in [4.78, 5) is 23.0. The molecule has 0 radical (unpaired) electrons. The number of likely N-dealkylation sites (tertiary alicyclic amines) is 1. The largest absolute Gasteiger partial charge is 0.355 e. The van der Waals surface area contributed by atoms with Crippen molar-refractivity contribution in [2.45, 2.75) is 25.3 Å². The lowest BCUT2D eigenvalue weighted by atomic mass is 9.88. The molecule has 1 fully saturated rings. The average molecular weight is 379 g/mol. The fourth-order valence-corrected chi connectivity index (χ4v) is 5.30. The SMILES string of the molecule is CCCN1c2cccnc2-n2cccc2[C@]12CCN(C(=O)c1cccs1)C2. The number of pyridine rings is 1. The summed E-state index contributed by atoms with van der Waals surface area (Å²) in [5.74, 6) is 1.13. The van der Waals surface area contributed by atoms with Gasteiger partial charge in [0.25, 0.3) is 5.91 Å². The van der Waals surface area contributed by atoms with Gasteiger partial charge >= 0.3 is 0 Å². The quantitative estimate of drug-likeness (QED) is 0.694. The second kappa shape index (κ2) is 6.23. The fraction of sp³-hybridized carbons (Fsp3) is 0.333. The summed E-state index contributed by atoms with van der Waals surface area (Å²) in [6.45, 7) is 4.64. The van der Waals surface area contributed by atoms with Crippen molar-refractivity contribution in [3.05, 3.63) is 64.7 Å². The number of fused-ring (bicyclic) bond motifs is 4. The summed E-state index contributed by atoms with van der Waals surface area (Å²) in [5, 5.41) is 1.97. The molecule has 2 aliphatic heterocycles. The molecule has 27 heavy (non-hydrogen) atoms. The van der Waals surface area contributed by atoms with Crippen molar-refractivity contribution >= 4 is 22.9 Å². The van der Waals surface area contributed by atoms with Gasteiger partial charge in [0.05, 0.1) is 16.3 Å². The van der Waals surface area contributed by atoms with Crippen LogP contribution in [0.1, 0.15) is 35.1 Å². The third-order valence-electron chi connectivity index (χ3n) is 5.74. The molecule has 5 rings (SSSR count). The zero-order valence-electron chi connectivity index (χ0n) is 15.3. The van der Waals surface area contributed by atoms with Crippen LogP contribution in [0.5, 0.6) is 0 Å². The topological polar surface area (TPSA) is 41.4 Å². The van der Waals surface area contributed by atoms with Crippen LogP contribution in [0.4, 0.5) is 5.69 Å². The second-order valence-electron chi connectivity index (χ2n) is 7.25. The van der Waals surface area contributed by atoms with Gasteiger partial charge in [-0.2, -0.15) is 0 Å². The molecule has 1 atom stereocenters. The Kier molecular flexibility index (Phi) is 3.82. The Morgan fingerprint density at radius 3 is 3.00 bits per heavy atom. The van der Waals surface area contributed by atoms with Crippen LogP contribution < -0.4 is 4.90 Å². The summed E-state index contributed by atoms with van der Waals surface area (Å²) in [6.07, 6.45) is 5.93. The lowest BCUT2D eigenvalue weighted by Crippen LogP contribution is -2.53. The summed E-state index contributed by atoms with van der Waals surface area (Å²) in [6, 6.07) is 12.3. The molecule has 1 spiro atoms. The van der Waals surface area contributed by atoms with Gasteiger partial charge in [-0.1, -0.05) is 13.0 Å². The van der Waals surface area contributed by atoms with Gasteiger partial charge in [-0.05, 0) is 48.6 Å². The molecule has 1 amide bonds. The van der Waals surface area contributed by atoms with Crippen LogP contribution in [-0.2, 0) is 5.54 Å². The maximum absolute atomic E-state index is 13.0. The van der Waals surface area contributed by atoms with Gasteiger partial charge in [-0.25, -0.2) is 4.98 Å². The van der Waals surface area contributed by atoms with Crippen molar-refractivity contribution in [3.8, 4) is 5.82 Å². The van der Waals surface area contributed by atoms with Crippen LogP contribution in [-0.4, -0.2) is 40.0 Å². The summed E-state index contributed by atoms with van der Waals surface area (Å²) < 4.78 is 2.21. The highest BCUT2D eigenvalue weighted by molar-refractivity contribution is 7.12. The molecule has 2 aliphatic rings. The molecule has 0 aliphatic carbocycles. The third-order valence-corrected chi connectivity index (χ3v) is 6.60. The highest BCUT2D eigenvalue weighted by Gasteiger charge is 2.50. The lowest BCUT2D eigenvalue weighted by Gasteiger charge is -2.47. The Hall–Kier alpha value is -2.60. The standard InChI is InChI=1S/C21H22N4OS/c1-2-11-25-16-6-3-10-22-19(16)24-12-4-8-18(24)21(25)9-13-23(15-21)20(26)17-7-5-14-27-17/h3-8,10,12,14H,2,9,11,13,15H2,1H3/t21-/m1/s1. The highest BCUT2D eigenvalue weighted by atomic mass is 32.1.